The molecule has 0 radical (unpaired) electrons. The molecule has 0 heterocycles. The number of rotatable bonds is 5. The molecule has 0 aliphatic heterocycles. The van der Waals surface area contributed by atoms with E-state index in [4.69, 9.17) is 5.11 Å². The molecule has 2 saturated carbocycles. The van der Waals surface area contributed by atoms with Gasteiger partial charge in [0, 0.05) is 12.1 Å². The molecule has 92 valence electrons. The smallest absolute Gasteiger partial charge is 0.308 e. The van der Waals surface area contributed by atoms with Crippen molar-refractivity contribution in [2.75, 3.05) is 0 Å². The zero-order valence-electron chi connectivity index (χ0n) is 8.85. The molecule has 0 aromatic rings. The molecule has 0 spiro atoms. The zero-order chi connectivity index (χ0) is 11.8. The van der Waals surface area contributed by atoms with E-state index in [-0.39, 0.29) is 6.04 Å². The second kappa shape index (κ2) is 4.31. The van der Waals surface area contributed by atoms with Crippen LogP contribution in [0.3, 0.4) is 0 Å². The second-order valence-corrected chi connectivity index (χ2v) is 5.97. The summed E-state index contributed by atoms with van der Waals surface area (Å²) in [5.41, 5.74) is 0. The highest BCUT2D eigenvalue weighted by molar-refractivity contribution is 7.87. The van der Waals surface area contributed by atoms with Crippen molar-refractivity contribution in [3.63, 3.8) is 0 Å². The van der Waals surface area contributed by atoms with Gasteiger partial charge in [-0.3, -0.25) is 4.79 Å². The maximum absolute atomic E-state index is 11.6. The van der Waals surface area contributed by atoms with Crippen molar-refractivity contribution in [2.24, 2.45) is 5.92 Å². The maximum atomic E-state index is 11.6. The third-order valence-electron chi connectivity index (χ3n) is 3.04. The standard InChI is InChI=1S/C9H16N2O4S/c12-9(13)7-2-1-3-8(7)11-16(14,15)10-6-4-5-6/h6-8,10-11H,1-5H2,(H,12,13). The van der Waals surface area contributed by atoms with Crippen molar-refractivity contribution in [3.05, 3.63) is 0 Å². The van der Waals surface area contributed by atoms with Crippen LogP contribution in [0.2, 0.25) is 0 Å². The monoisotopic (exact) mass is 248 g/mol. The van der Waals surface area contributed by atoms with Crippen LogP contribution in [-0.2, 0) is 15.0 Å². The van der Waals surface area contributed by atoms with Crippen LogP contribution in [0.25, 0.3) is 0 Å². The predicted molar refractivity (Wildman–Crippen MR) is 57.0 cm³/mol. The third-order valence-corrected chi connectivity index (χ3v) is 4.30. The van der Waals surface area contributed by atoms with E-state index in [0.29, 0.717) is 12.8 Å². The zero-order valence-corrected chi connectivity index (χ0v) is 9.66. The molecule has 0 amide bonds. The van der Waals surface area contributed by atoms with Gasteiger partial charge in [0.05, 0.1) is 5.92 Å². The van der Waals surface area contributed by atoms with E-state index in [9.17, 15) is 13.2 Å². The van der Waals surface area contributed by atoms with Gasteiger partial charge in [-0.15, -0.1) is 0 Å². The van der Waals surface area contributed by atoms with Crippen LogP contribution in [-0.4, -0.2) is 31.6 Å². The van der Waals surface area contributed by atoms with Gasteiger partial charge in [0.15, 0.2) is 0 Å². The van der Waals surface area contributed by atoms with E-state index in [2.05, 4.69) is 9.44 Å². The maximum Gasteiger partial charge on any atom is 0.308 e. The molecule has 0 bridgehead atoms. The first kappa shape index (κ1) is 11.8. The summed E-state index contributed by atoms with van der Waals surface area (Å²) in [5, 5.41) is 8.92. The minimum atomic E-state index is -3.53. The SMILES string of the molecule is O=C(O)C1CCCC1NS(=O)(=O)NC1CC1. The van der Waals surface area contributed by atoms with E-state index < -0.39 is 28.1 Å². The number of aliphatic carboxylic acids is 1. The van der Waals surface area contributed by atoms with Crippen molar-refractivity contribution in [1.29, 1.82) is 0 Å². The lowest BCUT2D eigenvalue weighted by Gasteiger charge is -2.17. The Labute approximate surface area is 94.6 Å². The Bertz CT molecular complexity index is 377. The second-order valence-electron chi connectivity index (χ2n) is 4.50. The van der Waals surface area contributed by atoms with Gasteiger partial charge in [0.25, 0.3) is 10.2 Å². The summed E-state index contributed by atoms with van der Waals surface area (Å²) in [6, 6.07) is -0.420. The normalized spacial score (nSPS) is 30.5. The quantitative estimate of drug-likeness (QED) is 0.629. The number of carboxylic acids is 1. The summed E-state index contributed by atoms with van der Waals surface area (Å²) in [7, 11) is -3.53. The van der Waals surface area contributed by atoms with Gasteiger partial charge in [0.1, 0.15) is 0 Å². The van der Waals surface area contributed by atoms with Gasteiger partial charge in [-0.1, -0.05) is 6.42 Å². The summed E-state index contributed by atoms with van der Waals surface area (Å²) >= 11 is 0. The molecule has 0 aromatic heterocycles. The van der Waals surface area contributed by atoms with E-state index in [1.54, 1.807) is 0 Å². The Balaban J connectivity index is 1.94. The predicted octanol–water partition coefficient (Wildman–Crippen LogP) is -0.174. The van der Waals surface area contributed by atoms with Gasteiger partial charge in [0.2, 0.25) is 0 Å². The molecule has 2 rings (SSSR count). The Morgan fingerprint density at radius 2 is 1.81 bits per heavy atom. The fourth-order valence-corrected chi connectivity index (χ4v) is 3.47. The van der Waals surface area contributed by atoms with E-state index in [1.807, 2.05) is 0 Å². The molecule has 3 N–H and O–H groups in total. The fraction of sp³-hybridized carbons (Fsp3) is 0.889. The van der Waals surface area contributed by atoms with Crippen molar-refractivity contribution >= 4 is 16.2 Å². The molecular formula is C9H16N2O4S. The molecule has 7 heteroatoms. The molecule has 0 saturated heterocycles. The highest BCUT2D eigenvalue weighted by Crippen LogP contribution is 2.26. The van der Waals surface area contributed by atoms with Gasteiger partial charge < -0.3 is 5.11 Å². The first-order valence-corrected chi connectivity index (χ1v) is 6.98. The number of hydrogen-bond acceptors (Lipinski definition) is 3. The van der Waals surface area contributed by atoms with Crippen LogP contribution in [0.5, 0.6) is 0 Å². The van der Waals surface area contributed by atoms with Crippen LogP contribution in [0.1, 0.15) is 32.1 Å². The summed E-state index contributed by atoms with van der Waals surface area (Å²) in [5.74, 6) is -1.51. The molecule has 0 aromatic carbocycles. The van der Waals surface area contributed by atoms with E-state index in [0.717, 1.165) is 19.3 Å². The molecular weight excluding hydrogens is 232 g/mol. The summed E-state index contributed by atoms with van der Waals surface area (Å²) in [6.07, 6.45) is 3.64. The molecule has 2 aliphatic carbocycles. The van der Waals surface area contributed by atoms with Crippen molar-refractivity contribution < 1.29 is 18.3 Å². The fourth-order valence-electron chi connectivity index (χ4n) is 2.05. The minimum absolute atomic E-state index is 0.0437. The molecule has 16 heavy (non-hydrogen) atoms. The minimum Gasteiger partial charge on any atom is -0.481 e. The van der Waals surface area contributed by atoms with Gasteiger partial charge in [-0.2, -0.15) is 17.9 Å². The molecule has 2 atom stereocenters. The largest absolute Gasteiger partial charge is 0.481 e. The average molecular weight is 248 g/mol. The lowest BCUT2D eigenvalue weighted by atomic mass is 10.1. The van der Waals surface area contributed by atoms with Crippen LogP contribution >= 0.6 is 0 Å². The number of carbonyl (C=O) groups is 1. The van der Waals surface area contributed by atoms with Gasteiger partial charge in [-0.25, -0.2) is 0 Å². The van der Waals surface area contributed by atoms with Crippen LogP contribution in [0.15, 0.2) is 0 Å². The van der Waals surface area contributed by atoms with Crippen LogP contribution < -0.4 is 9.44 Å². The average Bonchev–Trinajstić information content (AvgIpc) is 2.80. The van der Waals surface area contributed by atoms with E-state index in [1.165, 1.54) is 0 Å². The summed E-state index contributed by atoms with van der Waals surface area (Å²) in [4.78, 5) is 10.9. The number of carboxylic acid groups (broad SMARTS) is 1. The molecule has 2 aliphatic rings. The highest BCUT2D eigenvalue weighted by Gasteiger charge is 2.36. The van der Waals surface area contributed by atoms with Crippen molar-refractivity contribution in [3.8, 4) is 0 Å². The number of nitrogens with one attached hydrogen (secondary N) is 2. The van der Waals surface area contributed by atoms with Crippen LogP contribution in [0.4, 0.5) is 0 Å². The van der Waals surface area contributed by atoms with Gasteiger partial charge >= 0.3 is 5.97 Å². The van der Waals surface area contributed by atoms with Crippen molar-refractivity contribution in [1.82, 2.24) is 9.44 Å². The summed E-state index contributed by atoms with van der Waals surface area (Å²) in [6.45, 7) is 0. The highest BCUT2D eigenvalue weighted by atomic mass is 32.2. The van der Waals surface area contributed by atoms with Crippen LogP contribution in [0, 0.1) is 5.92 Å². The Hall–Kier alpha value is -0.660. The molecule has 6 nitrogen and oxygen atoms in total. The first-order chi connectivity index (χ1) is 7.48. The summed E-state index contributed by atoms with van der Waals surface area (Å²) < 4.78 is 28.1. The third kappa shape index (κ3) is 2.93. The lowest BCUT2D eigenvalue weighted by molar-refractivity contribution is -0.141. The van der Waals surface area contributed by atoms with E-state index >= 15 is 0 Å². The molecule has 2 fully saturated rings. The van der Waals surface area contributed by atoms with Crippen molar-refractivity contribution in [2.45, 2.75) is 44.2 Å². The Morgan fingerprint density at radius 1 is 1.12 bits per heavy atom. The Kier molecular flexibility index (Phi) is 3.18. The number of hydrogen-bond donors (Lipinski definition) is 3. The first-order valence-electron chi connectivity index (χ1n) is 5.50. The van der Waals surface area contributed by atoms with Gasteiger partial charge in [-0.05, 0) is 25.7 Å². The molecule has 2 unspecified atom stereocenters. The Morgan fingerprint density at radius 3 is 2.38 bits per heavy atom. The lowest BCUT2D eigenvalue weighted by Crippen LogP contribution is -2.46. The topological polar surface area (TPSA) is 95.5 Å².